The van der Waals surface area contributed by atoms with E-state index in [-0.39, 0.29) is 0 Å². The Balaban J connectivity index is 1.77. The molecular formula is C15H21N3OS. The molecule has 2 aromatic heterocycles. The molecule has 0 saturated heterocycles. The van der Waals surface area contributed by atoms with Crippen LogP contribution >= 0.6 is 11.3 Å². The number of fused-ring (bicyclic) bond motifs is 1. The minimum atomic E-state index is 0.358. The van der Waals surface area contributed by atoms with Crippen molar-refractivity contribution in [3.05, 3.63) is 39.6 Å². The summed E-state index contributed by atoms with van der Waals surface area (Å²) in [6.07, 6.45) is 1.95. The first-order chi connectivity index (χ1) is 9.69. The largest absolute Gasteiger partial charge is 0.378 e. The van der Waals surface area contributed by atoms with Crippen molar-refractivity contribution in [3.8, 4) is 0 Å². The van der Waals surface area contributed by atoms with Crippen LogP contribution in [0.4, 0.5) is 0 Å². The maximum atomic E-state index is 5.24. The monoisotopic (exact) mass is 291 g/mol. The van der Waals surface area contributed by atoms with E-state index in [2.05, 4.69) is 40.4 Å². The SMILES string of the molecule is COCc1cnc2n1CCN(Cc1ccc(C)s1)[C@H]2C. The lowest BCUT2D eigenvalue weighted by molar-refractivity contribution is 0.144. The van der Waals surface area contributed by atoms with Gasteiger partial charge in [0.1, 0.15) is 5.82 Å². The zero-order valence-electron chi connectivity index (χ0n) is 12.3. The highest BCUT2D eigenvalue weighted by molar-refractivity contribution is 7.11. The summed E-state index contributed by atoms with van der Waals surface area (Å²) in [6.45, 7) is 8.14. The third kappa shape index (κ3) is 2.53. The summed E-state index contributed by atoms with van der Waals surface area (Å²) >= 11 is 1.89. The molecule has 20 heavy (non-hydrogen) atoms. The number of hydrogen-bond acceptors (Lipinski definition) is 4. The molecular weight excluding hydrogens is 270 g/mol. The van der Waals surface area contributed by atoms with Crippen LogP contribution in [0.1, 0.15) is 34.2 Å². The third-order valence-electron chi connectivity index (χ3n) is 3.95. The molecule has 108 valence electrons. The Hall–Kier alpha value is -1.17. The minimum Gasteiger partial charge on any atom is -0.378 e. The summed E-state index contributed by atoms with van der Waals surface area (Å²) in [5.41, 5.74) is 1.18. The molecule has 0 aliphatic carbocycles. The summed E-state index contributed by atoms with van der Waals surface area (Å²) in [5, 5.41) is 0. The Morgan fingerprint density at radius 2 is 2.25 bits per heavy atom. The predicted octanol–water partition coefficient (Wildman–Crippen LogP) is 2.98. The number of ether oxygens (including phenoxy) is 1. The van der Waals surface area contributed by atoms with Crippen molar-refractivity contribution in [2.75, 3.05) is 13.7 Å². The highest BCUT2D eigenvalue weighted by atomic mass is 32.1. The average Bonchev–Trinajstić information content (AvgIpc) is 3.01. The van der Waals surface area contributed by atoms with E-state index in [0.717, 1.165) is 25.5 Å². The maximum absolute atomic E-state index is 5.24. The highest BCUT2D eigenvalue weighted by Crippen LogP contribution is 2.28. The van der Waals surface area contributed by atoms with Crippen LogP contribution in [-0.2, 0) is 24.4 Å². The van der Waals surface area contributed by atoms with Crippen molar-refractivity contribution in [3.63, 3.8) is 0 Å². The molecule has 0 aromatic carbocycles. The van der Waals surface area contributed by atoms with Crippen LogP contribution in [0.25, 0.3) is 0 Å². The summed E-state index contributed by atoms with van der Waals surface area (Å²) in [4.78, 5) is 9.92. The molecule has 0 fully saturated rings. The fourth-order valence-electron chi connectivity index (χ4n) is 2.85. The Morgan fingerprint density at radius 1 is 1.40 bits per heavy atom. The van der Waals surface area contributed by atoms with Gasteiger partial charge in [0.25, 0.3) is 0 Å². The van der Waals surface area contributed by atoms with Crippen LogP contribution in [0.5, 0.6) is 0 Å². The lowest BCUT2D eigenvalue weighted by atomic mass is 10.2. The van der Waals surface area contributed by atoms with Crippen molar-refractivity contribution >= 4 is 11.3 Å². The molecule has 3 heterocycles. The first-order valence-corrected chi connectivity index (χ1v) is 7.83. The standard InChI is InChI=1S/C15H21N3OS/c1-11-4-5-14(20-11)9-17-6-7-18-13(10-19-3)8-16-15(18)12(17)2/h4-5,8,12H,6-7,9-10H2,1-3H3/t12-/m0/s1. The molecule has 0 saturated carbocycles. The van der Waals surface area contributed by atoms with Crippen LogP contribution in [-0.4, -0.2) is 28.1 Å². The number of aryl methyl sites for hydroxylation is 1. The van der Waals surface area contributed by atoms with Gasteiger partial charge in [-0.1, -0.05) is 0 Å². The van der Waals surface area contributed by atoms with Gasteiger partial charge in [0.2, 0.25) is 0 Å². The Morgan fingerprint density at radius 3 is 2.95 bits per heavy atom. The molecule has 0 unspecified atom stereocenters. The number of aromatic nitrogens is 2. The van der Waals surface area contributed by atoms with Gasteiger partial charge in [-0.05, 0) is 26.0 Å². The second kappa shape index (κ2) is 5.68. The molecule has 0 bridgehead atoms. The second-order valence-corrected chi connectivity index (χ2v) is 6.72. The van der Waals surface area contributed by atoms with E-state index in [1.807, 2.05) is 17.5 Å². The second-order valence-electron chi connectivity index (χ2n) is 5.35. The van der Waals surface area contributed by atoms with Crippen LogP contribution in [0.2, 0.25) is 0 Å². The molecule has 1 aliphatic heterocycles. The third-order valence-corrected chi connectivity index (χ3v) is 4.93. The average molecular weight is 291 g/mol. The smallest absolute Gasteiger partial charge is 0.126 e. The van der Waals surface area contributed by atoms with Crippen molar-refractivity contribution in [1.82, 2.24) is 14.5 Å². The van der Waals surface area contributed by atoms with Crippen LogP contribution in [0, 0.1) is 6.92 Å². The van der Waals surface area contributed by atoms with Gasteiger partial charge < -0.3 is 9.30 Å². The van der Waals surface area contributed by atoms with E-state index in [4.69, 9.17) is 4.74 Å². The van der Waals surface area contributed by atoms with E-state index >= 15 is 0 Å². The summed E-state index contributed by atoms with van der Waals surface area (Å²) < 4.78 is 7.55. The molecule has 4 nitrogen and oxygen atoms in total. The van der Waals surface area contributed by atoms with Gasteiger partial charge >= 0.3 is 0 Å². The summed E-state index contributed by atoms with van der Waals surface area (Å²) in [7, 11) is 1.73. The van der Waals surface area contributed by atoms with Gasteiger partial charge in [0, 0.05) is 36.5 Å². The molecule has 3 rings (SSSR count). The van der Waals surface area contributed by atoms with Crippen molar-refractivity contribution < 1.29 is 4.74 Å². The van der Waals surface area contributed by atoms with Gasteiger partial charge in [-0.15, -0.1) is 11.3 Å². The Kier molecular flexibility index (Phi) is 3.92. The number of nitrogens with zero attached hydrogens (tertiary/aromatic N) is 3. The fourth-order valence-corrected chi connectivity index (χ4v) is 3.77. The lowest BCUT2D eigenvalue weighted by Crippen LogP contribution is -2.36. The number of methoxy groups -OCH3 is 1. The van der Waals surface area contributed by atoms with E-state index in [9.17, 15) is 0 Å². The topological polar surface area (TPSA) is 30.3 Å². The molecule has 1 atom stereocenters. The van der Waals surface area contributed by atoms with Crippen LogP contribution < -0.4 is 0 Å². The molecule has 0 spiro atoms. The summed E-state index contributed by atoms with van der Waals surface area (Å²) in [6, 6.07) is 4.80. The first-order valence-electron chi connectivity index (χ1n) is 7.01. The van der Waals surface area contributed by atoms with E-state index in [1.54, 1.807) is 7.11 Å². The van der Waals surface area contributed by atoms with Crippen LogP contribution in [0.3, 0.4) is 0 Å². The highest BCUT2D eigenvalue weighted by Gasteiger charge is 2.27. The van der Waals surface area contributed by atoms with E-state index in [1.165, 1.54) is 15.4 Å². The fraction of sp³-hybridized carbons (Fsp3) is 0.533. The number of rotatable bonds is 4. The quantitative estimate of drug-likeness (QED) is 0.867. The normalized spacial score (nSPS) is 19.2. The molecule has 0 N–H and O–H groups in total. The number of thiophene rings is 1. The number of imidazole rings is 1. The molecule has 0 radical (unpaired) electrons. The maximum Gasteiger partial charge on any atom is 0.126 e. The van der Waals surface area contributed by atoms with Gasteiger partial charge in [-0.2, -0.15) is 0 Å². The van der Waals surface area contributed by atoms with Gasteiger partial charge in [0.15, 0.2) is 0 Å². The summed E-state index contributed by atoms with van der Waals surface area (Å²) in [5.74, 6) is 1.16. The van der Waals surface area contributed by atoms with E-state index < -0.39 is 0 Å². The van der Waals surface area contributed by atoms with E-state index in [0.29, 0.717) is 12.6 Å². The molecule has 5 heteroatoms. The zero-order valence-corrected chi connectivity index (χ0v) is 13.1. The van der Waals surface area contributed by atoms with Gasteiger partial charge in [-0.3, -0.25) is 4.90 Å². The predicted molar refractivity (Wildman–Crippen MR) is 80.8 cm³/mol. The molecule has 1 aliphatic rings. The van der Waals surface area contributed by atoms with Crippen molar-refractivity contribution in [2.24, 2.45) is 0 Å². The number of hydrogen-bond donors (Lipinski definition) is 0. The Labute approximate surface area is 124 Å². The lowest BCUT2D eigenvalue weighted by Gasteiger charge is -2.34. The Bertz CT molecular complexity index is 590. The molecule has 2 aromatic rings. The van der Waals surface area contributed by atoms with Crippen LogP contribution in [0.15, 0.2) is 18.3 Å². The van der Waals surface area contributed by atoms with Gasteiger partial charge in [0.05, 0.1) is 24.5 Å². The minimum absolute atomic E-state index is 0.358. The first kappa shape index (κ1) is 13.8. The molecule has 0 amide bonds. The van der Waals surface area contributed by atoms with Gasteiger partial charge in [-0.25, -0.2) is 4.98 Å². The van der Waals surface area contributed by atoms with Crippen molar-refractivity contribution in [2.45, 2.75) is 39.6 Å². The zero-order chi connectivity index (χ0) is 14.1. The van der Waals surface area contributed by atoms with Crippen molar-refractivity contribution in [1.29, 1.82) is 0 Å².